The highest BCUT2D eigenvalue weighted by atomic mass is 16.3. The second kappa shape index (κ2) is 6.56. The number of hydrogen-bond acceptors (Lipinski definition) is 7. The zero-order valence-corrected chi connectivity index (χ0v) is 15.8. The molecule has 4 rings (SSSR count). The molecule has 142 valence electrons. The number of aliphatic hydroxyl groups excluding tert-OH is 1. The Kier molecular flexibility index (Phi) is 4.18. The first-order valence-electron chi connectivity index (χ1n) is 8.95. The summed E-state index contributed by atoms with van der Waals surface area (Å²) in [6, 6.07) is 0. The Morgan fingerprint density at radius 3 is 2.71 bits per heavy atom. The summed E-state index contributed by atoms with van der Waals surface area (Å²) in [5.41, 5.74) is 10.2. The lowest BCUT2D eigenvalue weighted by Gasteiger charge is -2.24. The number of aromatic nitrogens is 5. The van der Waals surface area contributed by atoms with E-state index >= 15 is 0 Å². The topological polar surface area (TPSA) is 120 Å². The van der Waals surface area contributed by atoms with Crippen molar-refractivity contribution >= 4 is 28.5 Å². The number of nitrogens with zero attached hydrogens (tertiary/aromatic N) is 5. The van der Waals surface area contributed by atoms with Gasteiger partial charge in [0.2, 0.25) is 0 Å². The molecule has 3 aromatic heterocycles. The Morgan fingerprint density at radius 1 is 1.25 bits per heavy atom. The van der Waals surface area contributed by atoms with Gasteiger partial charge in [-0.2, -0.15) is 0 Å². The van der Waals surface area contributed by atoms with E-state index in [2.05, 4.69) is 19.9 Å². The summed E-state index contributed by atoms with van der Waals surface area (Å²) in [6.07, 6.45) is 8.77. The number of aliphatic hydroxyl groups is 1. The average Bonchev–Trinajstić information content (AvgIpc) is 2.97. The second-order valence-corrected chi connectivity index (χ2v) is 6.91. The molecule has 1 atom stereocenters. The van der Waals surface area contributed by atoms with Gasteiger partial charge in [0.05, 0.1) is 18.0 Å². The van der Waals surface area contributed by atoms with Crippen LogP contribution in [0.3, 0.4) is 0 Å². The van der Waals surface area contributed by atoms with E-state index in [-0.39, 0.29) is 23.3 Å². The summed E-state index contributed by atoms with van der Waals surface area (Å²) in [6.45, 7) is 5.33. The van der Waals surface area contributed by atoms with E-state index in [4.69, 9.17) is 5.73 Å². The first-order chi connectivity index (χ1) is 13.4. The zero-order chi connectivity index (χ0) is 20.0. The van der Waals surface area contributed by atoms with E-state index in [1.54, 1.807) is 35.4 Å². The van der Waals surface area contributed by atoms with Crippen molar-refractivity contribution < 1.29 is 9.90 Å². The van der Waals surface area contributed by atoms with Crippen LogP contribution >= 0.6 is 0 Å². The third-order valence-electron chi connectivity index (χ3n) is 5.02. The maximum absolute atomic E-state index is 12.4. The fourth-order valence-corrected chi connectivity index (χ4v) is 3.65. The molecule has 0 saturated heterocycles. The number of fused-ring (bicyclic) bond motifs is 1. The van der Waals surface area contributed by atoms with Gasteiger partial charge in [0.1, 0.15) is 28.5 Å². The highest BCUT2D eigenvalue weighted by molar-refractivity contribution is 6.11. The molecule has 0 radical (unpaired) electrons. The molecule has 28 heavy (non-hydrogen) atoms. The molecule has 0 bridgehead atoms. The van der Waals surface area contributed by atoms with Gasteiger partial charge in [0, 0.05) is 29.6 Å². The lowest BCUT2D eigenvalue weighted by Crippen LogP contribution is -2.15. The molecule has 3 heterocycles. The summed E-state index contributed by atoms with van der Waals surface area (Å²) in [4.78, 5) is 29.9. The monoisotopic (exact) mass is 376 g/mol. The van der Waals surface area contributed by atoms with Gasteiger partial charge in [-0.25, -0.2) is 9.97 Å². The normalized spacial score (nSPS) is 17.1. The standard InChI is InChI=1S/C20H20N6O2/c1-10-4-5-15(28)11(2)18(10)26-19(21)16(12(3)27)17-20(26)24-9-14(25-17)13-8-22-6-7-23-13/h5-10,28H,4,21H2,1-3H3/t10-/m1/s1. The lowest BCUT2D eigenvalue weighted by molar-refractivity contribution is 0.102. The number of anilines is 1. The zero-order valence-electron chi connectivity index (χ0n) is 15.8. The van der Waals surface area contributed by atoms with Crippen molar-refractivity contribution in [3.8, 4) is 11.4 Å². The van der Waals surface area contributed by atoms with Crippen LogP contribution in [-0.4, -0.2) is 35.4 Å². The predicted octanol–water partition coefficient (Wildman–Crippen LogP) is 3.39. The largest absolute Gasteiger partial charge is 0.508 e. The van der Waals surface area contributed by atoms with Crippen molar-refractivity contribution in [2.75, 3.05) is 5.73 Å². The van der Waals surface area contributed by atoms with E-state index in [0.29, 0.717) is 40.1 Å². The van der Waals surface area contributed by atoms with Crippen molar-refractivity contribution in [3.05, 3.63) is 47.8 Å². The SMILES string of the molecule is CC(=O)c1c(N)n(C2=C(C)C(O)=CC[C@H]2C)c2ncc(-c3cnccn3)nc12. The van der Waals surface area contributed by atoms with Gasteiger partial charge in [0.25, 0.3) is 0 Å². The highest BCUT2D eigenvalue weighted by Crippen LogP contribution is 2.38. The molecule has 1 aliphatic carbocycles. The Balaban J connectivity index is 2.04. The molecule has 0 aliphatic heterocycles. The van der Waals surface area contributed by atoms with Crippen molar-refractivity contribution in [3.63, 3.8) is 0 Å². The van der Waals surface area contributed by atoms with Gasteiger partial charge >= 0.3 is 0 Å². The number of nitrogen functional groups attached to an aromatic ring is 1. The van der Waals surface area contributed by atoms with Crippen LogP contribution in [0, 0.1) is 5.92 Å². The number of nitrogens with two attached hydrogens (primary N) is 1. The first-order valence-corrected chi connectivity index (χ1v) is 8.95. The molecule has 1 aliphatic rings. The van der Waals surface area contributed by atoms with Crippen molar-refractivity contribution in [2.45, 2.75) is 27.2 Å². The minimum absolute atomic E-state index is 0.0927. The molecule has 0 spiro atoms. The molecule has 3 aromatic rings. The molecule has 8 heteroatoms. The Morgan fingerprint density at radius 2 is 2.04 bits per heavy atom. The highest BCUT2D eigenvalue weighted by Gasteiger charge is 2.28. The molecular weight excluding hydrogens is 356 g/mol. The second-order valence-electron chi connectivity index (χ2n) is 6.91. The van der Waals surface area contributed by atoms with E-state index in [9.17, 15) is 9.90 Å². The van der Waals surface area contributed by atoms with Crippen molar-refractivity contribution in [1.29, 1.82) is 0 Å². The number of Topliss-reactive ketones (excluding diaryl/α,β-unsaturated/α-hetero) is 1. The smallest absolute Gasteiger partial charge is 0.165 e. The number of carbonyl (C=O) groups is 1. The fraction of sp³-hybridized carbons (Fsp3) is 0.250. The van der Waals surface area contributed by atoms with Gasteiger partial charge in [-0.05, 0) is 26.3 Å². The molecule has 0 amide bonds. The van der Waals surface area contributed by atoms with Crippen LogP contribution in [0.2, 0.25) is 0 Å². The van der Waals surface area contributed by atoms with E-state index < -0.39 is 0 Å². The van der Waals surface area contributed by atoms with Gasteiger partial charge in [-0.15, -0.1) is 0 Å². The van der Waals surface area contributed by atoms with Crippen LogP contribution in [0.15, 0.2) is 42.2 Å². The Bertz CT molecular complexity index is 1160. The van der Waals surface area contributed by atoms with Gasteiger partial charge in [-0.3, -0.25) is 19.3 Å². The third kappa shape index (κ3) is 2.65. The average molecular weight is 376 g/mol. The number of ketones is 1. The van der Waals surface area contributed by atoms with Crippen LogP contribution in [-0.2, 0) is 0 Å². The number of hydrogen-bond donors (Lipinski definition) is 2. The number of rotatable bonds is 3. The molecule has 0 fully saturated rings. The maximum Gasteiger partial charge on any atom is 0.165 e. The Hall–Kier alpha value is -3.55. The maximum atomic E-state index is 12.4. The number of allylic oxidation sites excluding steroid dienone is 3. The predicted molar refractivity (Wildman–Crippen MR) is 106 cm³/mol. The van der Waals surface area contributed by atoms with E-state index in [1.807, 2.05) is 13.8 Å². The molecule has 3 N–H and O–H groups in total. The molecule has 0 unspecified atom stereocenters. The van der Waals surface area contributed by atoms with Crippen LogP contribution in [0.1, 0.15) is 37.6 Å². The quantitative estimate of drug-likeness (QED) is 0.672. The summed E-state index contributed by atoms with van der Waals surface area (Å²) in [5, 5.41) is 10.2. The van der Waals surface area contributed by atoms with Gasteiger partial charge in [0.15, 0.2) is 11.4 Å². The van der Waals surface area contributed by atoms with Crippen molar-refractivity contribution in [1.82, 2.24) is 24.5 Å². The van der Waals surface area contributed by atoms with Gasteiger partial charge in [-0.1, -0.05) is 6.92 Å². The molecule has 0 aromatic carbocycles. The van der Waals surface area contributed by atoms with Crippen molar-refractivity contribution in [2.24, 2.45) is 5.92 Å². The fourth-order valence-electron chi connectivity index (χ4n) is 3.65. The van der Waals surface area contributed by atoms with Crippen LogP contribution in [0.4, 0.5) is 5.82 Å². The van der Waals surface area contributed by atoms with Crippen LogP contribution in [0.25, 0.3) is 28.2 Å². The lowest BCUT2D eigenvalue weighted by atomic mass is 9.93. The minimum Gasteiger partial charge on any atom is -0.508 e. The molecule has 0 saturated carbocycles. The summed E-state index contributed by atoms with van der Waals surface area (Å²) < 4.78 is 1.74. The van der Waals surface area contributed by atoms with E-state index in [0.717, 1.165) is 5.70 Å². The third-order valence-corrected chi connectivity index (χ3v) is 5.02. The summed E-state index contributed by atoms with van der Waals surface area (Å²) in [7, 11) is 0. The van der Waals surface area contributed by atoms with E-state index in [1.165, 1.54) is 6.92 Å². The van der Waals surface area contributed by atoms with Crippen LogP contribution < -0.4 is 5.73 Å². The molecular formula is C20H20N6O2. The summed E-state index contributed by atoms with van der Waals surface area (Å²) >= 11 is 0. The van der Waals surface area contributed by atoms with Gasteiger partial charge < -0.3 is 10.8 Å². The first kappa shape index (κ1) is 17.8. The molecule has 8 nitrogen and oxygen atoms in total. The minimum atomic E-state index is -0.201. The number of carbonyl (C=O) groups excluding carboxylic acids is 1. The summed E-state index contributed by atoms with van der Waals surface area (Å²) in [5.74, 6) is 0.376. The van der Waals surface area contributed by atoms with Crippen LogP contribution in [0.5, 0.6) is 0 Å². The Labute approximate surface area is 161 Å².